The molecule has 0 aliphatic heterocycles. The van der Waals surface area contributed by atoms with Gasteiger partial charge in [0.25, 0.3) is 0 Å². The smallest absolute Gasteiger partial charge is 0.0381 e. The van der Waals surface area contributed by atoms with E-state index in [2.05, 4.69) is 40.6 Å². The van der Waals surface area contributed by atoms with Crippen molar-refractivity contribution in [3.05, 3.63) is 36.4 Å². The summed E-state index contributed by atoms with van der Waals surface area (Å²) in [6, 6.07) is 8.38. The molecule has 0 unspecified atom stereocenters. The maximum absolute atomic E-state index is 3.33. The highest BCUT2D eigenvalue weighted by Crippen LogP contribution is 2.16. The van der Waals surface area contributed by atoms with Gasteiger partial charge >= 0.3 is 0 Å². The van der Waals surface area contributed by atoms with E-state index in [4.69, 9.17) is 0 Å². The van der Waals surface area contributed by atoms with Crippen molar-refractivity contribution in [1.29, 1.82) is 0 Å². The summed E-state index contributed by atoms with van der Waals surface area (Å²) in [5, 5.41) is 3.33. The second kappa shape index (κ2) is 5.32. The number of hydrogen-bond donors (Lipinski definition) is 1. The Morgan fingerprint density at radius 1 is 1.36 bits per heavy atom. The molecule has 2 nitrogen and oxygen atoms in total. The second-order valence-electron chi connectivity index (χ2n) is 3.39. The van der Waals surface area contributed by atoms with Crippen LogP contribution in [0.4, 0.5) is 11.4 Å². The summed E-state index contributed by atoms with van der Waals surface area (Å²) >= 11 is 0. The van der Waals surface area contributed by atoms with Gasteiger partial charge < -0.3 is 10.2 Å². The standard InChI is InChI=1S/C12H18N2/c1-4-5-9-13-11-7-6-8-12(10-11)14(2)3/h4-8,10,13H,9H2,1-3H3/b5-4+. The zero-order chi connectivity index (χ0) is 10.4. The molecule has 0 amide bonds. The van der Waals surface area contributed by atoms with Crippen LogP contribution in [0.25, 0.3) is 0 Å². The molecule has 0 aliphatic carbocycles. The highest BCUT2D eigenvalue weighted by molar-refractivity contribution is 5.57. The first-order valence-corrected chi connectivity index (χ1v) is 4.86. The highest BCUT2D eigenvalue weighted by atomic mass is 15.1. The van der Waals surface area contributed by atoms with Crippen molar-refractivity contribution in [3.63, 3.8) is 0 Å². The molecule has 14 heavy (non-hydrogen) atoms. The third kappa shape index (κ3) is 3.13. The summed E-state index contributed by atoms with van der Waals surface area (Å²) in [6.07, 6.45) is 4.14. The molecule has 1 N–H and O–H groups in total. The zero-order valence-corrected chi connectivity index (χ0v) is 9.12. The van der Waals surface area contributed by atoms with E-state index < -0.39 is 0 Å². The van der Waals surface area contributed by atoms with Gasteiger partial charge in [-0.25, -0.2) is 0 Å². The molecule has 0 atom stereocenters. The molecule has 1 aromatic carbocycles. The van der Waals surface area contributed by atoms with Crippen LogP contribution in [-0.4, -0.2) is 20.6 Å². The van der Waals surface area contributed by atoms with Crippen LogP contribution < -0.4 is 10.2 Å². The molecule has 0 aliphatic rings. The summed E-state index contributed by atoms with van der Waals surface area (Å²) in [5.41, 5.74) is 2.38. The van der Waals surface area contributed by atoms with Gasteiger partial charge in [-0.05, 0) is 25.1 Å². The van der Waals surface area contributed by atoms with E-state index in [-0.39, 0.29) is 0 Å². The summed E-state index contributed by atoms with van der Waals surface area (Å²) < 4.78 is 0. The van der Waals surface area contributed by atoms with Crippen molar-refractivity contribution < 1.29 is 0 Å². The molecule has 1 aromatic rings. The van der Waals surface area contributed by atoms with Gasteiger partial charge in [-0.1, -0.05) is 18.2 Å². The van der Waals surface area contributed by atoms with E-state index in [1.54, 1.807) is 0 Å². The fraction of sp³-hybridized carbons (Fsp3) is 0.333. The van der Waals surface area contributed by atoms with Gasteiger partial charge in [0.1, 0.15) is 0 Å². The summed E-state index contributed by atoms with van der Waals surface area (Å²) in [7, 11) is 4.09. The first kappa shape index (κ1) is 10.6. The van der Waals surface area contributed by atoms with Gasteiger partial charge in [-0.3, -0.25) is 0 Å². The van der Waals surface area contributed by atoms with Crippen molar-refractivity contribution in [2.45, 2.75) is 6.92 Å². The van der Waals surface area contributed by atoms with E-state index in [1.807, 2.05) is 27.1 Å². The van der Waals surface area contributed by atoms with Gasteiger partial charge in [-0.15, -0.1) is 0 Å². The van der Waals surface area contributed by atoms with E-state index >= 15 is 0 Å². The van der Waals surface area contributed by atoms with Crippen LogP contribution in [0.1, 0.15) is 6.92 Å². The molecule has 0 saturated heterocycles. The Bertz CT molecular complexity index is 303. The van der Waals surface area contributed by atoms with E-state index in [0.717, 1.165) is 12.2 Å². The monoisotopic (exact) mass is 190 g/mol. The number of rotatable bonds is 4. The fourth-order valence-electron chi connectivity index (χ4n) is 1.19. The third-order valence-corrected chi connectivity index (χ3v) is 2.02. The fourth-order valence-corrected chi connectivity index (χ4v) is 1.19. The lowest BCUT2D eigenvalue weighted by atomic mass is 10.2. The Balaban J connectivity index is 2.64. The first-order valence-electron chi connectivity index (χ1n) is 4.86. The molecule has 0 bridgehead atoms. The molecule has 0 fully saturated rings. The third-order valence-electron chi connectivity index (χ3n) is 2.02. The number of hydrogen-bond acceptors (Lipinski definition) is 2. The number of nitrogens with zero attached hydrogens (tertiary/aromatic N) is 1. The van der Waals surface area contributed by atoms with Crippen molar-refractivity contribution in [2.75, 3.05) is 30.9 Å². The van der Waals surface area contributed by atoms with Crippen LogP contribution in [0.5, 0.6) is 0 Å². The Labute approximate surface area is 86.2 Å². The number of anilines is 2. The van der Waals surface area contributed by atoms with E-state index in [1.165, 1.54) is 5.69 Å². The second-order valence-corrected chi connectivity index (χ2v) is 3.39. The predicted molar refractivity (Wildman–Crippen MR) is 64.1 cm³/mol. The predicted octanol–water partition coefficient (Wildman–Crippen LogP) is 2.74. The van der Waals surface area contributed by atoms with Gasteiger partial charge in [0.05, 0.1) is 0 Å². The van der Waals surface area contributed by atoms with Crippen LogP contribution >= 0.6 is 0 Å². The first-order chi connectivity index (χ1) is 6.74. The minimum Gasteiger partial charge on any atom is -0.382 e. The minimum atomic E-state index is 0.882. The molecule has 0 aromatic heterocycles. The molecule has 0 heterocycles. The lowest BCUT2D eigenvalue weighted by Gasteiger charge is -2.13. The largest absolute Gasteiger partial charge is 0.382 e. The number of nitrogens with one attached hydrogen (secondary N) is 1. The van der Waals surface area contributed by atoms with Crippen molar-refractivity contribution >= 4 is 11.4 Å². The number of benzene rings is 1. The van der Waals surface area contributed by atoms with Crippen molar-refractivity contribution in [1.82, 2.24) is 0 Å². The van der Waals surface area contributed by atoms with Crippen LogP contribution in [0, 0.1) is 0 Å². The Kier molecular flexibility index (Phi) is 4.05. The molecule has 2 heteroatoms. The van der Waals surface area contributed by atoms with Crippen LogP contribution in [0.15, 0.2) is 36.4 Å². The van der Waals surface area contributed by atoms with Gasteiger partial charge in [0, 0.05) is 32.0 Å². The normalized spacial score (nSPS) is 10.5. The molecule has 0 spiro atoms. The van der Waals surface area contributed by atoms with Crippen molar-refractivity contribution in [2.24, 2.45) is 0 Å². The Morgan fingerprint density at radius 2 is 2.14 bits per heavy atom. The Morgan fingerprint density at radius 3 is 2.79 bits per heavy atom. The molecule has 0 radical (unpaired) electrons. The molecule has 0 saturated carbocycles. The van der Waals surface area contributed by atoms with Gasteiger partial charge in [0.15, 0.2) is 0 Å². The van der Waals surface area contributed by atoms with Crippen molar-refractivity contribution in [3.8, 4) is 0 Å². The highest BCUT2D eigenvalue weighted by Gasteiger charge is 1.95. The van der Waals surface area contributed by atoms with Crippen LogP contribution in [0.2, 0.25) is 0 Å². The average Bonchev–Trinajstić information content (AvgIpc) is 2.19. The minimum absolute atomic E-state index is 0.882. The number of allylic oxidation sites excluding steroid dienone is 1. The maximum Gasteiger partial charge on any atom is 0.0381 e. The Hall–Kier alpha value is -1.44. The van der Waals surface area contributed by atoms with E-state index in [9.17, 15) is 0 Å². The average molecular weight is 190 g/mol. The topological polar surface area (TPSA) is 15.3 Å². The summed E-state index contributed by atoms with van der Waals surface area (Å²) in [4.78, 5) is 2.10. The van der Waals surface area contributed by atoms with E-state index in [0.29, 0.717) is 0 Å². The van der Waals surface area contributed by atoms with Gasteiger partial charge in [0.2, 0.25) is 0 Å². The maximum atomic E-state index is 3.33. The summed E-state index contributed by atoms with van der Waals surface area (Å²) in [6.45, 7) is 2.91. The molecular formula is C12H18N2. The molecular weight excluding hydrogens is 172 g/mol. The van der Waals surface area contributed by atoms with Crippen LogP contribution in [-0.2, 0) is 0 Å². The molecule has 1 rings (SSSR count). The summed E-state index contributed by atoms with van der Waals surface area (Å²) in [5.74, 6) is 0. The zero-order valence-electron chi connectivity index (χ0n) is 9.12. The lowest BCUT2D eigenvalue weighted by Crippen LogP contribution is -2.09. The SMILES string of the molecule is C/C=C/CNc1cccc(N(C)C)c1. The van der Waals surface area contributed by atoms with Crippen LogP contribution in [0.3, 0.4) is 0 Å². The lowest BCUT2D eigenvalue weighted by molar-refractivity contribution is 1.13. The molecule has 76 valence electrons. The van der Waals surface area contributed by atoms with Gasteiger partial charge in [-0.2, -0.15) is 0 Å². The quantitative estimate of drug-likeness (QED) is 0.734.